The molecular formula is C25H25FN2O4S2. The van der Waals surface area contributed by atoms with Crippen molar-refractivity contribution in [3.63, 3.8) is 0 Å². The molecule has 2 heterocycles. The molecule has 1 fully saturated rings. The van der Waals surface area contributed by atoms with Gasteiger partial charge in [0.1, 0.15) is 11.6 Å². The first-order chi connectivity index (χ1) is 16.4. The van der Waals surface area contributed by atoms with E-state index in [4.69, 9.17) is 4.74 Å². The Kier molecular flexibility index (Phi) is 6.18. The van der Waals surface area contributed by atoms with Crippen LogP contribution in [0.3, 0.4) is 0 Å². The SMILES string of the molecule is COc1ccc(S(=O)(=O)N(CC(=O)N2CCc3sccc3C2c2ccc(F)cc2)C2CC2)cc1. The molecule has 6 nitrogen and oxygen atoms in total. The average Bonchev–Trinajstić information content (AvgIpc) is 3.57. The summed E-state index contributed by atoms with van der Waals surface area (Å²) in [6.45, 7) is 0.256. The number of amides is 1. The third-order valence-corrected chi connectivity index (χ3v) is 9.29. The highest BCUT2D eigenvalue weighted by atomic mass is 32.2. The molecule has 1 aliphatic carbocycles. The summed E-state index contributed by atoms with van der Waals surface area (Å²) in [6.07, 6.45) is 2.18. The highest BCUT2D eigenvalue weighted by molar-refractivity contribution is 7.89. The van der Waals surface area contributed by atoms with Crippen LogP contribution in [0.15, 0.2) is 64.9 Å². The van der Waals surface area contributed by atoms with Gasteiger partial charge in [-0.25, -0.2) is 12.8 Å². The van der Waals surface area contributed by atoms with E-state index in [1.54, 1.807) is 40.5 Å². The van der Waals surface area contributed by atoms with Crippen molar-refractivity contribution < 1.29 is 22.3 Å². The van der Waals surface area contributed by atoms with Gasteiger partial charge >= 0.3 is 0 Å². The van der Waals surface area contributed by atoms with Crippen LogP contribution in [0.25, 0.3) is 0 Å². The van der Waals surface area contributed by atoms with E-state index in [1.807, 2.05) is 11.4 Å². The Hall–Kier alpha value is -2.75. The van der Waals surface area contributed by atoms with Gasteiger partial charge in [0.25, 0.3) is 0 Å². The van der Waals surface area contributed by atoms with Gasteiger partial charge in [-0.1, -0.05) is 12.1 Å². The molecule has 0 N–H and O–H groups in total. The first kappa shape index (κ1) is 23.0. The molecule has 0 spiro atoms. The molecule has 1 aromatic heterocycles. The highest BCUT2D eigenvalue weighted by Gasteiger charge is 2.41. The largest absolute Gasteiger partial charge is 0.497 e. The van der Waals surface area contributed by atoms with Crippen molar-refractivity contribution in [1.29, 1.82) is 0 Å². The van der Waals surface area contributed by atoms with Gasteiger partial charge in [-0.3, -0.25) is 4.79 Å². The maximum absolute atomic E-state index is 13.6. The van der Waals surface area contributed by atoms with E-state index in [9.17, 15) is 17.6 Å². The minimum atomic E-state index is -3.85. The Balaban J connectivity index is 1.44. The number of carbonyl (C=O) groups excluding carboxylic acids is 1. The van der Waals surface area contributed by atoms with E-state index >= 15 is 0 Å². The summed E-state index contributed by atoms with van der Waals surface area (Å²) in [6, 6.07) is 13.9. The Bertz CT molecular complexity index is 1290. The zero-order chi connectivity index (χ0) is 23.9. The number of rotatable bonds is 7. The van der Waals surface area contributed by atoms with E-state index in [0.29, 0.717) is 18.7 Å². The Morgan fingerprint density at radius 3 is 2.47 bits per heavy atom. The molecule has 1 unspecified atom stereocenters. The molecular weight excluding hydrogens is 475 g/mol. The van der Waals surface area contributed by atoms with Gasteiger partial charge in [0.15, 0.2) is 0 Å². The number of carbonyl (C=O) groups is 1. The number of ether oxygens (including phenoxy) is 1. The smallest absolute Gasteiger partial charge is 0.243 e. The lowest BCUT2D eigenvalue weighted by molar-refractivity contribution is -0.133. The summed E-state index contributed by atoms with van der Waals surface area (Å²) in [5, 5.41) is 2.00. The predicted molar refractivity (Wildman–Crippen MR) is 128 cm³/mol. The number of hydrogen-bond donors (Lipinski definition) is 0. The fourth-order valence-corrected chi connectivity index (χ4v) is 7.01. The van der Waals surface area contributed by atoms with Gasteiger partial charge in [-0.05, 0) is 78.2 Å². The number of halogens is 1. The number of thiophene rings is 1. The Labute approximate surface area is 202 Å². The van der Waals surface area contributed by atoms with E-state index in [0.717, 1.165) is 24.0 Å². The lowest BCUT2D eigenvalue weighted by Crippen LogP contribution is -2.47. The van der Waals surface area contributed by atoms with Crippen LogP contribution in [0.1, 0.15) is 34.9 Å². The minimum absolute atomic E-state index is 0.141. The van der Waals surface area contributed by atoms with E-state index in [2.05, 4.69) is 0 Å². The zero-order valence-corrected chi connectivity index (χ0v) is 20.3. The number of benzene rings is 2. The fourth-order valence-electron chi connectivity index (χ4n) is 4.47. The standard InChI is InChI=1S/C25H25FN2O4S2/c1-32-20-8-10-21(11-9-20)34(30,31)28(19-6-7-19)16-24(29)27-14-12-23-22(13-15-33-23)25(27)17-2-4-18(26)5-3-17/h2-5,8-11,13,15,19,25H,6-7,12,14,16H2,1H3. The summed E-state index contributed by atoms with van der Waals surface area (Å²) in [7, 11) is -2.33. The number of fused-ring (bicyclic) bond motifs is 1. The maximum Gasteiger partial charge on any atom is 0.243 e. The Morgan fingerprint density at radius 2 is 1.82 bits per heavy atom. The molecule has 0 bridgehead atoms. The van der Waals surface area contributed by atoms with Crippen LogP contribution in [0.2, 0.25) is 0 Å². The van der Waals surface area contributed by atoms with Crippen molar-refractivity contribution in [2.45, 2.75) is 36.2 Å². The number of nitrogens with zero attached hydrogens (tertiary/aromatic N) is 2. The number of methoxy groups -OCH3 is 1. The second-order valence-electron chi connectivity index (χ2n) is 8.55. The van der Waals surface area contributed by atoms with Gasteiger partial charge < -0.3 is 9.64 Å². The fraction of sp³-hybridized carbons (Fsp3) is 0.320. The third kappa shape index (κ3) is 4.35. The summed E-state index contributed by atoms with van der Waals surface area (Å²) in [5.74, 6) is -0.0290. The van der Waals surface area contributed by atoms with Crippen molar-refractivity contribution in [2.75, 3.05) is 20.2 Å². The molecule has 2 aromatic carbocycles. The van der Waals surface area contributed by atoms with E-state index in [1.165, 1.54) is 40.6 Å². The molecule has 178 valence electrons. The number of sulfonamides is 1. The van der Waals surface area contributed by atoms with Gasteiger partial charge in [0, 0.05) is 17.5 Å². The molecule has 34 heavy (non-hydrogen) atoms. The van der Waals surface area contributed by atoms with Crippen LogP contribution in [-0.2, 0) is 21.2 Å². The third-order valence-electron chi connectivity index (χ3n) is 6.38. The molecule has 1 atom stereocenters. The van der Waals surface area contributed by atoms with Gasteiger partial charge in [0.05, 0.1) is 24.6 Å². The van der Waals surface area contributed by atoms with Crippen LogP contribution in [-0.4, -0.2) is 49.8 Å². The monoisotopic (exact) mass is 500 g/mol. The highest BCUT2D eigenvalue weighted by Crippen LogP contribution is 2.39. The summed E-state index contributed by atoms with van der Waals surface area (Å²) < 4.78 is 47.0. The van der Waals surface area contributed by atoms with Crippen LogP contribution < -0.4 is 4.74 Å². The van der Waals surface area contributed by atoms with Crippen molar-refractivity contribution in [3.8, 4) is 5.75 Å². The predicted octanol–water partition coefficient (Wildman–Crippen LogP) is 4.22. The van der Waals surface area contributed by atoms with Crippen molar-refractivity contribution in [2.24, 2.45) is 0 Å². The minimum Gasteiger partial charge on any atom is -0.497 e. The van der Waals surface area contributed by atoms with Crippen molar-refractivity contribution >= 4 is 27.3 Å². The van der Waals surface area contributed by atoms with Crippen molar-refractivity contribution in [3.05, 3.63) is 81.8 Å². The molecule has 3 aromatic rings. The second-order valence-corrected chi connectivity index (χ2v) is 11.4. The quantitative estimate of drug-likeness (QED) is 0.487. The zero-order valence-electron chi connectivity index (χ0n) is 18.7. The molecule has 9 heteroatoms. The lowest BCUT2D eigenvalue weighted by Gasteiger charge is -2.37. The summed E-state index contributed by atoms with van der Waals surface area (Å²) in [5.41, 5.74) is 1.83. The average molecular weight is 501 g/mol. The van der Waals surface area contributed by atoms with E-state index in [-0.39, 0.29) is 35.2 Å². The second kappa shape index (κ2) is 9.13. The molecule has 5 rings (SSSR count). The summed E-state index contributed by atoms with van der Waals surface area (Å²) in [4.78, 5) is 16.7. The van der Waals surface area contributed by atoms with Crippen LogP contribution in [0, 0.1) is 5.82 Å². The van der Waals surface area contributed by atoms with Crippen molar-refractivity contribution in [1.82, 2.24) is 9.21 Å². The van der Waals surface area contributed by atoms with Crippen LogP contribution in [0.5, 0.6) is 5.75 Å². The topological polar surface area (TPSA) is 66.9 Å². The van der Waals surface area contributed by atoms with E-state index < -0.39 is 10.0 Å². The lowest BCUT2D eigenvalue weighted by atomic mass is 9.93. The van der Waals surface area contributed by atoms with Gasteiger partial charge in [0.2, 0.25) is 15.9 Å². The maximum atomic E-state index is 13.6. The van der Waals surface area contributed by atoms with Crippen LogP contribution in [0.4, 0.5) is 4.39 Å². The number of hydrogen-bond acceptors (Lipinski definition) is 5. The first-order valence-corrected chi connectivity index (χ1v) is 13.5. The molecule has 0 saturated heterocycles. The normalized spacial score (nSPS) is 18.1. The Morgan fingerprint density at radius 1 is 1.12 bits per heavy atom. The molecule has 1 amide bonds. The summed E-state index contributed by atoms with van der Waals surface area (Å²) >= 11 is 1.65. The van der Waals surface area contributed by atoms with Gasteiger partial charge in [-0.2, -0.15) is 4.31 Å². The molecule has 0 radical (unpaired) electrons. The van der Waals surface area contributed by atoms with Crippen LogP contribution >= 0.6 is 11.3 Å². The molecule has 1 aliphatic heterocycles. The first-order valence-electron chi connectivity index (χ1n) is 11.2. The molecule has 1 saturated carbocycles. The molecule has 2 aliphatic rings. The van der Waals surface area contributed by atoms with Gasteiger partial charge in [-0.15, -0.1) is 11.3 Å².